The number of rotatable bonds is 2. The number of aromatic nitrogens is 1. The Bertz CT molecular complexity index is 274. The Morgan fingerprint density at radius 3 is 2.62 bits per heavy atom. The molecule has 0 unspecified atom stereocenters. The molecule has 2 heteroatoms. The third-order valence-electron chi connectivity index (χ3n) is 1.90. The first kappa shape index (κ1) is 10.0. The molecular formula is C11H18N2. The normalized spacial score (nSPS) is 11.4. The van der Waals surface area contributed by atoms with Gasteiger partial charge in [-0.1, -0.05) is 20.8 Å². The quantitative estimate of drug-likeness (QED) is 0.753. The first-order valence-corrected chi connectivity index (χ1v) is 4.63. The molecule has 1 aromatic heterocycles. The van der Waals surface area contributed by atoms with Gasteiger partial charge in [0.15, 0.2) is 0 Å². The lowest BCUT2D eigenvalue weighted by molar-refractivity contribution is 0.411. The zero-order chi connectivity index (χ0) is 9.90. The van der Waals surface area contributed by atoms with Gasteiger partial charge >= 0.3 is 0 Å². The Balaban J connectivity index is 2.87. The summed E-state index contributed by atoms with van der Waals surface area (Å²) in [6.45, 7) is 6.73. The number of pyridine rings is 1. The molecule has 0 bridgehead atoms. The van der Waals surface area contributed by atoms with E-state index in [0.717, 1.165) is 12.1 Å². The fourth-order valence-electron chi connectivity index (χ4n) is 1.37. The van der Waals surface area contributed by atoms with Gasteiger partial charge in [-0.3, -0.25) is 4.98 Å². The van der Waals surface area contributed by atoms with Crippen LogP contribution in [0.5, 0.6) is 0 Å². The molecule has 1 N–H and O–H groups in total. The van der Waals surface area contributed by atoms with Gasteiger partial charge in [-0.2, -0.15) is 0 Å². The van der Waals surface area contributed by atoms with Gasteiger partial charge in [-0.25, -0.2) is 0 Å². The molecule has 0 amide bonds. The van der Waals surface area contributed by atoms with Gasteiger partial charge in [0.25, 0.3) is 0 Å². The van der Waals surface area contributed by atoms with Crippen LogP contribution in [0, 0.1) is 5.41 Å². The summed E-state index contributed by atoms with van der Waals surface area (Å²) in [5.74, 6) is 0. The van der Waals surface area contributed by atoms with Crippen molar-refractivity contribution in [3.05, 3.63) is 24.0 Å². The summed E-state index contributed by atoms with van der Waals surface area (Å²) in [4.78, 5) is 4.08. The Labute approximate surface area is 80.4 Å². The highest BCUT2D eigenvalue weighted by atomic mass is 14.8. The largest absolute Gasteiger partial charge is 0.387 e. The standard InChI is InChI=1S/C11H18N2/c1-11(2,3)7-9-5-6-13-8-10(9)12-4/h5-6,8,12H,7H2,1-4H3. The number of nitrogens with one attached hydrogen (secondary N) is 1. The minimum absolute atomic E-state index is 0.326. The molecule has 0 fully saturated rings. The number of nitrogens with zero attached hydrogens (tertiary/aromatic N) is 1. The van der Waals surface area contributed by atoms with Crippen LogP contribution in [0.25, 0.3) is 0 Å². The van der Waals surface area contributed by atoms with Gasteiger partial charge in [0, 0.05) is 13.2 Å². The average Bonchev–Trinajstić information content (AvgIpc) is 2.02. The SMILES string of the molecule is CNc1cnccc1CC(C)(C)C. The van der Waals surface area contributed by atoms with E-state index in [2.05, 4.69) is 37.1 Å². The van der Waals surface area contributed by atoms with Crippen LogP contribution in [0.15, 0.2) is 18.5 Å². The Kier molecular flexibility index (Phi) is 2.91. The molecule has 0 aromatic carbocycles. The maximum atomic E-state index is 4.08. The predicted molar refractivity (Wildman–Crippen MR) is 56.9 cm³/mol. The van der Waals surface area contributed by atoms with E-state index < -0.39 is 0 Å². The highest BCUT2D eigenvalue weighted by Gasteiger charge is 2.13. The number of hydrogen-bond donors (Lipinski definition) is 1. The van der Waals surface area contributed by atoms with E-state index in [1.165, 1.54) is 5.56 Å². The topological polar surface area (TPSA) is 24.9 Å². The van der Waals surface area contributed by atoms with E-state index in [1.807, 2.05) is 19.4 Å². The van der Waals surface area contributed by atoms with Crippen molar-refractivity contribution in [1.29, 1.82) is 0 Å². The predicted octanol–water partition coefficient (Wildman–Crippen LogP) is 2.71. The first-order chi connectivity index (χ1) is 6.03. The molecule has 0 saturated heterocycles. The molecule has 0 aliphatic carbocycles. The molecule has 0 aliphatic rings. The molecule has 0 radical (unpaired) electrons. The maximum Gasteiger partial charge on any atom is 0.0556 e. The first-order valence-electron chi connectivity index (χ1n) is 4.63. The summed E-state index contributed by atoms with van der Waals surface area (Å²) in [7, 11) is 1.93. The lowest BCUT2D eigenvalue weighted by Gasteiger charge is -2.19. The highest BCUT2D eigenvalue weighted by molar-refractivity contribution is 5.48. The Hall–Kier alpha value is -1.05. The molecule has 1 heterocycles. The molecule has 0 aliphatic heterocycles. The molecule has 1 aromatic rings. The molecular weight excluding hydrogens is 160 g/mol. The average molecular weight is 178 g/mol. The van der Waals surface area contributed by atoms with Crippen LogP contribution in [0.1, 0.15) is 26.3 Å². The molecule has 0 spiro atoms. The lowest BCUT2D eigenvalue weighted by atomic mass is 9.88. The van der Waals surface area contributed by atoms with Crippen LogP contribution in [0.2, 0.25) is 0 Å². The van der Waals surface area contributed by atoms with Gasteiger partial charge in [-0.15, -0.1) is 0 Å². The highest BCUT2D eigenvalue weighted by Crippen LogP contribution is 2.24. The van der Waals surface area contributed by atoms with E-state index >= 15 is 0 Å². The molecule has 0 saturated carbocycles. The van der Waals surface area contributed by atoms with E-state index in [1.54, 1.807) is 0 Å². The molecule has 72 valence electrons. The summed E-state index contributed by atoms with van der Waals surface area (Å²) >= 11 is 0. The lowest BCUT2D eigenvalue weighted by Crippen LogP contribution is -2.10. The van der Waals surface area contributed by atoms with Gasteiger partial charge in [0.2, 0.25) is 0 Å². The number of anilines is 1. The molecule has 2 nitrogen and oxygen atoms in total. The Morgan fingerprint density at radius 1 is 1.38 bits per heavy atom. The van der Waals surface area contributed by atoms with Crippen molar-refractivity contribution in [3.63, 3.8) is 0 Å². The fourth-order valence-corrected chi connectivity index (χ4v) is 1.37. The fraction of sp³-hybridized carbons (Fsp3) is 0.545. The summed E-state index contributed by atoms with van der Waals surface area (Å²) in [6, 6.07) is 2.08. The van der Waals surface area contributed by atoms with Crippen molar-refractivity contribution >= 4 is 5.69 Å². The van der Waals surface area contributed by atoms with E-state index in [9.17, 15) is 0 Å². The van der Waals surface area contributed by atoms with Crippen molar-refractivity contribution in [2.24, 2.45) is 5.41 Å². The summed E-state index contributed by atoms with van der Waals surface area (Å²) in [5, 5.41) is 3.16. The van der Waals surface area contributed by atoms with Gasteiger partial charge in [0.05, 0.1) is 11.9 Å². The van der Waals surface area contributed by atoms with Crippen LogP contribution in [-0.4, -0.2) is 12.0 Å². The van der Waals surface area contributed by atoms with Crippen LogP contribution >= 0.6 is 0 Å². The van der Waals surface area contributed by atoms with Crippen molar-refractivity contribution < 1.29 is 0 Å². The minimum Gasteiger partial charge on any atom is -0.387 e. The number of hydrogen-bond acceptors (Lipinski definition) is 2. The molecule has 13 heavy (non-hydrogen) atoms. The summed E-state index contributed by atoms with van der Waals surface area (Å²) in [6.07, 6.45) is 4.80. The smallest absolute Gasteiger partial charge is 0.0556 e. The second kappa shape index (κ2) is 3.77. The van der Waals surface area contributed by atoms with Crippen molar-refractivity contribution in [3.8, 4) is 0 Å². The van der Waals surface area contributed by atoms with Gasteiger partial charge in [-0.05, 0) is 23.5 Å². The maximum absolute atomic E-state index is 4.08. The summed E-state index contributed by atoms with van der Waals surface area (Å²) < 4.78 is 0. The summed E-state index contributed by atoms with van der Waals surface area (Å²) in [5.41, 5.74) is 2.80. The molecule has 1 rings (SSSR count). The Morgan fingerprint density at radius 2 is 2.08 bits per heavy atom. The third-order valence-corrected chi connectivity index (χ3v) is 1.90. The third kappa shape index (κ3) is 3.05. The minimum atomic E-state index is 0.326. The van der Waals surface area contributed by atoms with Crippen LogP contribution in [0.4, 0.5) is 5.69 Å². The van der Waals surface area contributed by atoms with Crippen LogP contribution < -0.4 is 5.32 Å². The van der Waals surface area contributed by atoms with Crippen LogP contribution in [-0.2, 0) is 6.42 Å². The van der Waals surface area contributed by atoms with E-state index in [0.29, 0.717) is 5.41 Å². The van der Waals surface area contributed by atoms with E-state index in [4.69, 9.17) is 0 Å². The van der Waals surface area contributed by atoms with Crippen molar-refractivity contribution in [1.82, 2.24) is 4.98 Å². The van der Waals surface area contributed by atoms with Gasteiger partial charge in [0.1, 0.15) is 0 Å². The van der Waals surface area contributed by atoms with Crippen LogP contribution in [0.3, 0.4) is 0 Å². The second-order valence-electron chi connectivity index (χ2n) is 4.52. The van der Waals surface area contributed by atoms with Crippen molar-refractivity contribution in [2.45, 2.75) is 27.2 Å². The second-order valence-corrected chi connectivity index (χ2v) is 4.52. The molecule has 0 atom stereocenters. The monoisotopic (exact) mass is 178 g/mol. The van der Waals surface area contributed by atoms with Gasteiger partial charge < -0.3 is 5.32 Å². The zero-order valence-electron chi connectivity index (χ0n) is 8.89. The van der Waals surface area contributed by atoms with Crippen molar-refractivity contribution in [2.75, 3.05) is 12.4 Å². The zero-order valence-corrected chi connectivity index (χ0v) is 8.89. The van der Waals surface area contributed by atoms with E-state index in [-0.39, 0.29) is 0 Å².